The summed E-state index contributed by atoms with van der Waals surface area (Å²) in [6, 6.07) is 0. The maximum absolute atomic E-state index is 11.3. The molecule has 0 bridgehead atoms. The molecular weight excluding hydrogens is 214 g/mol. The minimum absolute atomic E-state index is 0.230. The van der Waals surface area contributed by atoms with Gasteiger partial charge in [-0.3, -0.25) is 0 Å². The van der Waals surface area contributed by atoms with Gasteiger partial charge in [0.15, 0.2) is 5.82 Å². The molecule has 0 radical (unpaired) electrons. The minimum atomic E-state index is -0.784. The van der Waals surface area contributed by atoms with E-state index in [9.17, 15) is 14.9 Å². The Morgan fingerprint density at radius 1 is 1.56 bits per heavy atom. The van der Waals surface area contributed by atoms with E-state index < -0.39 is 10.9 Å². The first-order chi connectivity index (χ1) is 7.56. The molecule has 1 aromatic rings. The van der Waals surface area contributed by atoms with Crippen LogP contribution in [0.25, 0.3) is 0 Å². The zero-order chi connectivity index (χ0) is 12.3. The SMILES string of the molecule is CCc1nc(C(=O)OC)c([N+](=O)[O-])n1CC. The summed E-state index contributed by atoms with van der Waals surface area (Å²) in [6.07, 6.45) is 0.520. The highest BCUT2D eigenvalue weighted by molar-refractivity contribution is 5.91. The minimum Gasteiger partial charge on any atom is -0.464 e. The summed E-state index contributed by atoms with van der Waals surface area (Å²) in [5.74, 6) is -0.575. The number of carbonyl (C=O) groups is 1. The van der Waals surface area contributed by atoms with Crippen molar-refractivity contribution in [2.75, 3.05) is 7.11 Å². The second-order valence-electron chi connectivity index (χ2n) is 3.05. The Hall–Kier alpha value is -1.92. The van der Waals surface area contributed by atoms with E-state index in [1.807, 2.05) is 6.92 Å². The Bertz CT molecular complexity index is 425. The number of carbonyl (C=O) groups excluding carboxylic acids is 1. The number of hydrogen-bond acceptors (Lipinski definition) is 5. The number of methoxy groups -OCH3 is 1. The monoisotopic (exact) mass is 227 g/mol. The van der Waals surface area contributed by atoms with Gasteiger partial charge in [0, 0.05) is 6.42 Å². The third-order valence-electron chi connectivity index (χ3n) is 2.20. The highest BCUT2D eigenvalue weighted by atomic mass is 16.6. The quantitative estimate of drug-likeness (QED) is 0.437. The first kappa shape index (κ1) is 12.2. The fraction of sp³-hybridized carbons (Fsp3) is 0.556. The van der Waals surface area contributed by atoms with Crippen molar-refractivity contribution in [2.24, 2.45) is 0 Å². The third-order valence-corrected chi connectivity index (χ3v) is 2.20. The average molecular weight is 227 g/mol. The van der Waals surface area contributed by atoms with Crippen LogP contribution in [0.1, 0.15) is 30.2 Å². The number of nitrogens with zero attached hydrogens (tertiary/aromatic N) is 3. The van der Waals surface area contributed by atoms with Crippen LogP contribution in [0.3, 0.4) is 0 Å². The topological polar surface area (TPSA) is 87.3 Å². The lowest BCUT2D eigenvalue weighted by molar-refractivity contribution is -0.392. The summed E-state index contributed by atoms with van der Waals surface area (Å²) in [5, 5.41) is 10.9. The Morgan fingerprint density at radius 3 is 2.56 bits per heavy atom. The zero-order valence-corrected chi connectivity index (χ0v) is 9.39. The second-order valence-corrected chi connectivity index (χ2v) is 3.05. The van der Waals surface area contributed by atoms with E-state index in [4.69, 9.17) is 0 Å². The number of aromatic nitrogens is 2. The number of rotatable bonds is 4. The van der Waals surface area contributed by atoms with Crippen LogP contribution in [0.2, 0.25) is 0 Å². The average Bonchev–Trinajstić information content (AvgIpc) is 2.66. The van der Waals surface area contributed by atoms with Crippen LogP contribution in [0, 0.1) is 10.1 Å². The summed E-state index contributed by atoms with van der Waals surface area (Å²) in [6.45, 7) is 3.97. The Kier molecular flexibility index (Phi) is 3.60. The van der Waals surface area contributed by atoms with E-state index in [0.29, 0.717) is 18.8 Å². The fourth-order valence-electron chi connectivity index (χ4n) is 1.51. The van der Waals surface area contributed by atoms with Crippen molar-refractivity contribution >= 4 is 11.8 Å². The van der Waals surface area contributed by atoms with Gasteiger partial charge in [-0.25, -0.2) is 9.36 Å². The van der Waals surface area contributed by atoms with Gasteiger partial charge in [-0.2, -0.15) is 4.98 Å². The first-order valence-corrected chi connectivity index (χ1v) is 4.88. The van der Waals surface area contributed by atoms with Gasteiger partial charge in [0.1, 0.15) is 0 Å². The molecule has 88 valence electrons. The van der Waals surface area contributed by atoms with Crippen LogP contribution in [-0.2, 0) is 17.7 Å². The number of aryl methyl sites for hydroxylation is 1. The lowest BCUT2D eigenvalue weighted by Crippen LogP contribution is -2.08. The van der Waals surface area contributed by atoms with Crippen molar-refractivity contribution in [1.29, 1.82) is 0 Å². The van der Waals surface area contributed by atoms with Crippen LogP contribution in [0.5, 0.6) is 0 Å². The number of ether oxygens (including phenoxy) is 1. The molecule has 1 rings (SSSR count). The predicted molar refractivity (Wildman–Crippen MR) is 55.3 cm³/mol. The molecule has 0 aromatic carbocycles. The van der Waals surface area contributed by atoms with Gasteiger partial charge >= 0.3 is 11.8 Å². The van der Waals surface area contributed by atoms with Gasteiger partial charge in [-0.1, -0.05) is 6.92 Å². The van der Waals surface area contributed by atoms with E-state index in [1.54, 1.807) is 6.92 Å². The molecule has 0 aliphatic carbocycles. The first-order valence-electron chi connectivity index (χ1n) is 4.88. The van der Waals surface area contributed by atoms with E-state index in [2.05, 4.69) is 9.72 Å². The summed E-state index contributed by atoms with van der Waals surface area (Å²) >= 11 is 0. The fourth-order valence-corrected chi connectivity index (χ4v) is 1.51. The molecule has 1 aromatic heterocycles. The maximum atomic E-state index is 11.3. The molecule has 1 heterocycles. The standard InChI is InChI=1S/C9H13N3O4/c1-4-6-10-7(9(13)16-3)8(12(14)15)11(6)5-2/h4-5H2,1-3H3. The lowest BCUT2D eigenvalue weighted by Gasteiger charge is -2.00. The maximum Gasteiger partial charge on any atom is 0.365 e. The highest BCUT2D eigenvalue weighted by Crippen LogP contribution is 2.21. The summed E-state index contributed by atoms with van der Waals surface area (Å²) in [7, 11) is 1.17. The van der Waals surface area contributed by atoms with Crippen molar-refractivity contribution in [3.63, 3.8) is 0 Å². The molecule has 0 saturated carbocycles. The van der Waals surface area contributed by atoms with E-state index in [-0.39, 0.29) is 11.5 Å². The molecule has 0 unspecified atom stereocenters. The van der Waals surface area contributed by atoms with Crippen molar-refractivity contribution in [2.45, 2.75) is 26.8 Å². The van der Waals surface area contributed by atoms with Crippen LogP contribution in [0.4, 0.5) is 5.82 Å². The molecule has 0 N–H and O–H groups in total. The van der Waals surface area contributed by atoms with Gasteiger partial charge < -0.3 is 14.9 Å². The number of hydrogen-bond donors (Lipinski definition) is 0. The van der Waals surface area contributed by atoms with Crippen LogP contribution in [0.15, 0.2) is 0 Å². The summed E-state index contributed by atoms with van der Waals surface area (Å²) in [4.78, 5) is 25.6. The lowest BCUT2D eigenvalue weighted by atomic mass is 10.4. The zero-order valence-electron chi connectivity index (χ0n) is 9.39. The molecular formula is C9H13N3O4. The Balaban J connectivity index is 3.43. The third kappa shape index (κ3) is 1.88. The van der Waals surface area contributed by atoms with Crippen molar-refractivity contribution in [3.8, 4) is 0 Å². The van der Waals surface area contributed by atoms with E-state index in [0.717, 1.165) is 0 Å². The largest absolute Gasteiger partial charge is 0.464 e. The molecule has 0 amide bonds. The Morgan fingerprint density at radius 2 is 2.19 bits per heavy atom. The van der Waals surface area contributed by atoms with Gasteiger partial charge in [-0.15, -0.1) is 0 Å². The van der Waals surface area contributed by atoms with Crippen LogP contribution < -0.4 is 0 Å². The van der Waals surface area contributed by atoms with Gasteiger partial charge in [0.2, 0.25) is 5.69 Å². The summed E-state index contributed by atoms with van der Waals surface area (Å²) < 4.78 is 5.87. The normalized spacial score (nSPS) is 10.2. The number of imidazole rings is 1. The van der Waals surface area contributed by atoms with Gasteiger partial charge in [0.25, 0.3) is 0 Å². The van der Waals surface area contributed by atoms with E-state index in [1.165, 1.54) is 11.7 Å². The summed E-state index contributed by atoms with van der Waals surface area (Å²) in [5.41, 5.74) is -0.230. The molecule has 7 heteroatoms. The molecule has 16 heavy (non-hydrogen) atoms. The van der Waals surface area contributed by atoms with Crippen LogP contribution in [-0.4, -0.2) is 27.6 Å². The highest BCUT2D eigenvalue weighted by Gasteiger charge is 2.30. The number of esters is 1. The van der Waals surface area contributed by atoms with Crippen molar-refractivity contribution in [3.05, 3.63) is 21.6 Å². The van der Waals surface area contributed by atoms with E-state index >= 15 is 0 Å². The molecule has 0 atom stereocenters. The molecule has 7 nitrogen and oxygen atoms in total. The molecule has 0 aliphatic heterocycles. The van der Waals surface area contributed by atoms with Crippen LogP contribution >= 0.6 is 0 Å². The smallest absolute Gasteiger partial charge is 0.365 e. The Labute approximate surface area is 92.2 Å². The van der Waals surface area contributed by atoms with Gasteiger partial charge in [0.05, 0.1) is 13.7 Å². The molecule has 0 spiro atoms. The predicted octanol–water partition coefficient (Wildman–Crippen LogP) is 1.16. The van der Waals surface area contributed by atoms with Crippen molar-refractivity contribution in [1.82, 2.24) is 9.55 Å². The second kappa shape index (κ2) is 4.73. The van der Waals surface area contributed by atoms with Gasteiger partial charge in [-0.05, 0) is 11.8 Å². The van der Waals surface area contributed by atoms with Crippen molar-refractivity contribution < 1.29 is 14.5 Å². The molecule has 0 saturated heterocycles. The molecule has 0 aliphatic rings. The molecule has 0 fully saturated rings. The number of nitro groups is 1.